The maximum absolute atomic E-state index is 13.4. The first kappa shape index (κ1) is 9.85. The van der Waals surface area contributed by atoms with Crippen LogP contribution in [0.25, 0.3) is 10.9 Å². The Balaban J connectivity index is 2.18. The zero-order chi connectivity index (χ0) is 11.3. The van der Waals surface area contributed by atoms with Gasteiger partial charge in [0.2, 0.25) is 0 Å². The van der Waals surface area contributed by atoms with E-state index in [0.29, 0.717) is 6.04 Å². The van der Waals surface area contributed by atoms with Crippen LogP contribution in [0.4, 0.5) is 4.39 Å². The second-order valence-electron chi connectivity index (χ2n) is 4.79. The molecule has 0 bridgehead atoms. The predicted octanol–water partition coefficient (Wildman–Crippen LogP) is 2.27. The van der Waals surface area contributed by atoms with Gasteiger partial charge in [-0.1, -0.05) is 0 Å². The van der Waals surface area contributed by atoms with E-state index in [1.54, 1.807) is 12.1 Å². The van der Waals surface area contributed by atoms with E-state index in [1.165, 1.54) is 5.52 Å². The van der Waals surface area contributed by atoms with Gasteiger partial charge in [-0.3, -0.25) is 0 Å². The average Bonchev–Trinajstić information content (AvgIpc) is 2.62. The SMILES string of the molecule is CN(C)C1Cc2cc(F)cc3ccn(c23)C1. The number of nitrogens with zero attached hydrogens (tertiary/aromatic N) is 2. The topological polar surface area (TPSA) is 8.17 Å². The summed E-state index contributed by atoms with van der Waals surface area (Å²) in [6.45, 7) is 0.995. The smallest absolute Gasteiger partial charge is 0.124 e. The minimum absolute atomic E-state index is 0.125. The molecule has 1 aromatic heterocycles. The van der Waals surface area contributed by atoms with E-state index < -0.39 is 0 Å². The van der Waals surface area contributed by atoms with Crippen molar-refractivity contribution >= 4 is 10.9 Å². The minimum Gasteiger partial charge on any atom is -0.346 e. The van der Waals surface area contributed by atoms with Gasteiger partial charge in [0.15, 0.2) is 0 Å². The lowest BCUT2D eigenvalue weighted by Crippen LogP contribution is -2.36. The lowest BCUT2D eigenvalue weighted by molar-refractivity contribution is 0.258. The van der Waals surface area contributed by atoms with Gasteiger partial charge < -0.3 is 9.47 Å². The molecule has 0 radical (unpaired) electrons. The Kier molecular flexibility index (Phi) is 2.04. The first-order valence-electron chi connectivity index (χ1n) is 5.59. The second kappa shape index (κ2) is 3.32. The molecule has 1 aromatic carbocycles. The van der Waals surface area contributed by atoms with Crippen LogP contribution >= 0.6 is 0 Å². The molecule has 0 spiro atoms. The van der Waals surface area contributed by atoms with Gasteiger partial charge in [0.1, 0.15) is 5.82 Å². The summed E-state index contributed by atoms with van der Waals surface area (Å²) in [7, 11) is 4.16. The van der Waals surface area contributed by atoms with E-state index >= 15 is 0 Å². The van der Waals surface area contributed by atoms with Gasteiger partial charge in [-0.15, -0.1) is 0 Å². The van der Waals surface area contributed by atoms with Crippen molar-refractivity contribution in [2.24, 2.45) is 0 Å². The highest BCUT2D eigenvalue weighted by atomic mass is 19.1. The first-order chi connectivity index (χ1) is 7.65. The molecule has 1 aliphatic heterocycles. The number of aromatic nitrogens is 1. The summed E-state index contributed by atoms with van der Waals surface area (Å²) in [5, 5.41) is 1.02. The molecule has 1 unspecified atom stereocenters. The molecule has 0 fully saturated rings. The molecule has 0 saturated heterocycles. The zero-order valence-corrected chi connectivity index (χ0v) is 9.57. The van der Waals surface area contributed by atoms with Gasteiger partial charge in [-0.25, -0.2) is 4.39 Å². The maximum Gasteiger partial charge on any atom is 0.124 e. The molecule has 2 heterocycles. The van der Waals surface area contributed by atoms with Crippen LogP contribution in [0.1, 0.15) is 5.56 Å². The van der Waals surface area contributed by atoms with Crippen molar-refractivity contribution in [3.63, 3.8) is 0 Å². The Morgan fingerprint density at radius 2 is 2.19 bits per heavy atom. The number of hydrogen-bond donors (Lipinski definition) is 0. The van der Waals surface area contributed by atoms with E-state index in [2.05, 4.69) is 29.8 Å². The summed E-state index contributed by atoms with van der Waals surface area (Å²) >= 11 is 0. The molecule has 2 nitrogen and oxygen atoms in total. The highest BCUT2D eigenvalue weighted by Crippen LogP contribution is 2.28. The third-order valence-corrected chi connectivity index (χ3v) is 3.50. The fourth-order valence-corrected chi connectivity index (χ4v) is 2.60. The largest absolute Gasteiger partial charge is 0.346 e. The molecular formula is C13H15FN2. The van der Waals surface area contributed by atoms with Crippen LogP contribution in [0, 0.1) is 5.82 Å². The molecule has 1 atom stereocenters. The van der Waals surface area contributed by atoms with Gasteiger partial charge in [0.05, 0.1) is 5.52 Å². The third-order valence-electron chi connectivity index (χ3n) is 3.50. The van der Waals surface area contributed by atoms with E-state index in [0.717, 1.165) is 23.9 Å². The molecule has 3 rings (SSSR count). The van der Waals surface area contributed by atoms with Crippen LogP contribution in [-0.2, 0) is 13.0 Å². The van der Waals surface area contributed by atoms with Crippen molar-refractivity contribution < 1.29 is 4.39 Å². The molecule has 84 valence electrons. The number of rotatable bonds is 1. The van der Waals surface area contributed by atoms with Gasteiger partial charge in [-0.05, 0) is 44.3 Å². The van der Waals surface area contributed by atoms with Gasteiger partial charge >= 0.3 is 0 Å². The highest BCUT2D eigenvalue weighted by molar-refractivity contribution is 5.84. The number of likely N-dealkylation sites (N-methyl/N-ethyl adjacent to an activating group) is 1. The normalized spacial score (nSPS) is 19.6. The average molecular weight is 218 g/mol. The van der Waals surface area contributed by atoms with Crippen molar-refractivity contribution in [2.75, 3.05) is 14.1 Å². The fraction of sp³-hybridized carbons (Fsp3) is 0.385. The fourth-order valence-electron chi connectivity index (χ4n) is 2.60. The lowest BCUT2D eigenvalue weighted by atomic mass is 9.99. The van der Waals surface area contributed by atoms with Crippen molar-refractivity contribution in [1.29, 1.82) is 0 Å². The summed E-state index contributed by atoms with van der Waals surface area (Å²) in [5.74, 6) is -0.125. The van der Waals surface area contributed by atoms with Gasteiger partial charge in [0.25, 0.3) is 0 Å². The van der Waals surface area contributed by atoms with Crippen molar-refractivity contribution in [1.82, 2.24) is 9.47 Å². The Hall–Kier alpha value is -1.35. The Morgan fingerprint density at radius 3 is 2.94 bits per heavy atom. The minimum atomic E-state index is -0.125. The highest BCUT2D eigenvalue weighted by Gasteiger charge is 2.22. The van der Waals surface area contributed by atoms with E-state index in [1.807, 2.05) is 6.07 Å². The summed E-state index contributed by atoms with van der Waals surface area (Å²) in [6, 6.07) is 5.75. The van der Waals surface area contributed by atoms with Gasteiger partial charge in [-0.2, -0.15) is 0 Å². The van der Waals surface area contributed by atoms with Crippen LogP contribution in [-0.4, -0.2) is 29.6 Å². The van der Waals surface area contributed by atoms with Crippen LogP contribution in [0.15, 0.2) is 24.4 Å². The molecule has 0 amide bonds. The molecule has 1 aliphatic rings. The molecule has 2 aromatic rings. The Labute approximate surface area is 94.3 Å². The van der Waals surface area contributed by atoms with E-state index in [9.17, 15) is 4.39 Å². The summed E-state index contributed by atoms with van der Waals surface area (Å²) < 4.78 is 15.7. The standard InChI is InChI=1S/C13H15FN2/c1-15(2)12-7-10-6-11(14)5-9-3-4-16(8-12)13(9)10/h3-6,12H,7-8H2,1-2H3. The Morgan fingerprint density at radius 1 is 1.38 bits per heavy atom. The zero-order valence-electron chi connectivity index (χ0n) is 9.57. The molecular weight excluding hydrogens is 203 g/mol. The van der Waals surface area contributed by atoms with Crippen molar-refractivity contribution in [3.8, 4) is 0 Å². The molecule has 3 heteroatoms. The van der Waals surface area contributed by atoms with E-state index in [-0.39, 0.29) is 5.82 Å². The quantitative estimate of drug-likeness (QED) is 0.713. The van der Waals surface area contributed by atoms with Crippen molar-refractivity contribution in [2.45, 2.75) is 19.0 Å². The molecule has 0 N–H and O–H groups in total. The number of halogens is 1. The lowest BCUT2D eigenvalue weighted by Gasteiger charge is -2.29. The summed E-state index contributed by atoms with van der Waals surface area (Å²) in [4.78, 5) is 2.21. The van der Waals surface area contributed by atoms with Crippen LogP contribution < -0.4 is 0 Å². The molecule has 0 saturated carbocycles. The van der Waals surface area contributed by atoms with Crippen LogP contribution in [0.3, 0.4) is 0 Å². The maximum atomic E-state index is 13.4. The second-order valence-corrected chi connectivity index (χ2v) is 4.79. The molecule has 0 aliphatic carbocycles. The molecule has 16 heavy (non-hydrogen) atoms. The predicted molar refractivity (Wildman–Crippen MR) is 63.1 cm³/mol. The monoisotopic (exact) mass is 218 g/mol. The number of hydrogen-bond acceptors (Lipinski definition) is 1. The number of benzene rings is 1. The summed E-state index contributed by atoms with van der Waals surface area (Å²) in [5.41, 5.74) is 2.34. The van der Waals surface area contributed by atoms with E-state index in [4.69, 9.17) is 0 Å². The third kappa shape index (κ3) is 1.35. The van der Waals surface area contributed by atoms with Crippen LogP contribution in [0.5, 0.6) is 0 Å². The van der Waals surface area contributed by atoms with Gasteiger partial charge in [0, 0.05) is 24.2 Å². The Bertz CT molecular complexity index is 542. The van der Waals surface area contributed by atoms with Crippen LogP contribution in [0.2, 0.25) is 0 Å². The first-order valence-corrected chi connectivity index (χ1v) is 5.59. The summed E-state index contributed by atoms with van der Waals surface area (Å²) in [6.07, 6.45) is 2.99. The van der Waals surface area contributed by atoms with Crippen molar-refractivity contribution in [3.05, 3.63) is 35.8 Å².